The van der Waals surface area contributed by atoms with E-state index in [1.165, 1.54) is 26.2 Å². The summed E-state index contributed by atoms with van der Waals surface area (Å²) in [4.78, 5) is 27.3. The van der Waals surface area contributed by atoms with E-state index in [9.17, 15) is 9.59 Å². The van der Waals surface area contributed by atoms with Crippen molar-refractivity contribution in [2.45, 2.75) is 20.0 Å². The van der Waals surface area contributed by atoms with E-state index >= 15 is 0 Å². The Labute approximate surface area is 192 Å². The van der Waals surface area contributed by atoms with E-state index < -0.39 is 18.0 Å². The van der Waals surface area contributed by atoms with Crippen molar-refractivity contribution in [3.05, 3.63) is 47.0 Å². The van der Waals surface area contributed by atoms with Crippen molar-refractivity contribution in [2.24, 2.45) is 0 Å². The molecule has 2 aromatic rings. The van der Waals surface area contributed by atoms with Gasteiger partial charge in [-0.15, -0.1) is 0 Å². The third-order valence-corrected chi connectivity index (χ3v) is 5.20. The fourth-order valence-electron chi connectivity index (χ4n) is 3.23. The number of esters is 1. The molecular formula is C23H27ClN2O6. The number of nitrogens with one attached hydrogen (secondary N) is 1. The molecule has 0 aromatic heterocycles. The number of halogens is 1. The summed E-state index contributed by atoms with van der Waals surface area (Å²) in [6, 6.07) is 10.4. The Hall–Kier alpha value is -2.97. The number of carbonyl (C=O) groups is 2. The second-order valence-corrected chi connectivity index (χ2v) is 7.51. The van der Waals surface area contributed by atoms with Crippen LogP contribution in [-0.2, 0) is 14.3 Å². The molecule has 0 radical (unpaired) electrons. The Morgan fingerprint density at radius 1 is 1.19 bits per heavy atom. The van der Waals surface area contributed by atoms with Crippen LogP contribution in [0.1, 0.15) is 24.2 Å². The van der Waals surface area contributed by atoms with Crippen LogP contribution in [0.2, 0.25) is 5.02 Å². The molecule has 3 rings (SSSR count). The van der Waals surface area contributed by atoms with Crippen molar-refractivity contribution in [1.29, 1.82) is 0 Å². The van der Waals surface area contributed by atoms with Crippen LogP contribution in [0, 0.1) is 0 Å². The van der Waals surface area contributed by atoms with Crippen LogP contribution >= 0.6 is 11.6 Å². The quantitative estimate of drug-likeness (QED) is 0.597. The molecular weight excluding hydrogens is 436 g/mol. The molecule has 1 heterocycles. The maximum Gasteiger partial charge on any atom is 0.339 e. The molecule has 2 aromatic carbocycles. The maximum atomic E-state index is 12.5. The van der Waals surface area contributed by atoms with Crippen LogP contribution in [0.3, 0.4) is 0 Å². The van der Waals surface area contributed by atoms with E-state index in [-0.39, 0.29) is 10.6 Å². The van der Waals surface area contributed by atoms with Crippen molar-refractivity contribution in [1.82, 2.24) is 0 Å². The highest BCUT2D eigenvalue weighted by atomic mass is 35.5. The fraction of sp³-hybridized carbons (Fsp3) is 0.391. The minimum atomic E-state index is -1.02. The van der Waals surface area contributed by atoms with Gasteiger partial charge in [-0.3, -0.25) is 4.79 Å². The average molecular weight is 463 g/mol. The number of hydrogen-bond donors (Lipinski definition) is 1. The van der Waals surface area contributed by atoms with Crippen molar-refractivity contribution in [3.63, 3.8) is 0 Å². The fourth-order valence-corrected chi connectivity index (χ4v) is 3.49. The van der Waals surface area contributed by atoms with E-state index in [1.54, 1.807) is 0 Å². The number of methoxy groups -OCH3 is 1. The van der Waals surface area contributed by atoms with E-state index in [1.807, 2.05) is 31.2 Å². The smallest absolute Gasteiger partial charge is 0.339 e. The predicted molar refractivity (Wildman–Crippen MR) is 122 cm³/mol. The first-order chi connectivity index (χ1) is 15.4. The summed E-state index contributed by atoms with van der Waals surface area (Å²) >= 11 is 6.21. The van der Waals surface area contributed by atoms with Crippen LogP contribution in [0.4, 0.5) is 11.4 Å². The van der Waals surface area contributed by atoms with Gasteiger partial charge in [-0.05, 0) is 50.2 Å². The van der Waals surface area contributed by atoms with Crippen LogP contribution in [-0.4, -0.2) is 58.0 Å². The van der Waals surface area contributed by atoms with Crippen molar-refractivity contribution >= 4 is 34.9 Å². The summed E-state index contributed by atoms with van der Waals surface area (Å²) in [5, 5.41) is 2.98. The molecule has 1 aliphatic heterocycles. The van der Waals surface area contributed by atoms with E-state index in [0.29, 0.717) is 37.0 Å². The SMILES string of the molecule is CCOc1c(Cl)cc(C(=O)OC(C)C(=O)Nc2ccc(N3CCOCC3)cc2)cc1OC. The molecule has 0 bridgehead atoms. The zero-order chi connectivity index (χ0) is 23.1. The van der Waals surface area contributed by atoms with Gasteiger partial charge in [0.1, 0.15) is 0 Å². The first-order valence-electron chi connectivity index (χ1n) is 10.4. The lowest BCUT2D eigenvalue weighted by Crippen LogP contribution is -2.36. The van der Waals surface area contributed by atoms with Gasteiger partial charge >= 0.3 is 5.97 Å². The number of amides is 1. The Morgan fingerprint density at radius 2 is 1.88 bits per heavy atom. The molecule has 172 valence electrons. The normalized spacial score (nSPS) is 14.4. The van der Waals surface area contributed by atoms with Gasteiger partial charge in [0.2, 0.25) is 0 Å². The molecule has 0 saturated carbocycles. The number of carbonyl (C=O) groups excluding carboxylic acids is 2. The molecule has 1 N–H and O–H groups in total. The number of nitrogens with zero attached hydrogens (tertiary/aromatic N) is 1. The third kappa shape index (κ3) is 5.83. The molecule has 32 heavy (non-hydrogen) atoms. The molecule has 1 amide bonds. The minimum absolute atomic E-state index is 0.157. The highest BCUT2D eigenvalue weighted by Gasteiger charge is 2.22. The van der Waals surface area contributed by atoms with Gasteiger partial charge in [0.15, 0.2) is 17.6 Å². The number of ether oxygens (including phenoxy) is 4. The van der Waals surface area contributed by atoms with Crippen molar-refractivity contribution < 1.29 is 28.5 Å². The van der Waals surface area contributed by atoms with E-state index in [0.717, 1.165) is 18.8 Å². The number of hydrogen-bond acceptors (Lipinski definition) is 7. The topological polar surface area (TPSA) is 86.3 Å². The number of anilines is 2. The first-order valence-corrected chi connectivity index (χ1v) is 10.8. The van der Waals surface area contributed by atoms with Gasteiger partial charge in [-0.25, -0.2) is 4.79 Å². The second kappa shape index (κ2) is 11.1. The lowest BCUT2D eigenvalue weighted by Gasteiger charge is -2.28. The van der Waals surface area contributed by atoms with Gasteiger partial charge in [0.25, 0.3) is 5.91 Å². The largest absolute Gasteiger partial charge is 0.493 e. The monoisotopic (exact) mass is 462 g/mol. The summed E-state index contributed by atoms with van der Waals surface area (Å²) in [6.45, 7) is 6.78. The first kappa shape index (κ1) is 23.7. The van der Waals surface area contributed by atoms with Gasteiger partial charge in [-0.2, -0.15) is 0 Å². The Balaban J connectivity index is 1.60. The molecule has 8 nitrogen and oxygen atoms in total. The van der Waals surface area contributed by atoms with Crippen molar-refractivity contribution in [2.75, 3.05) is 50.2 Å². The summed E-state index contributed by atoms with van der Waals surface area (Å²) in [5.74, 6) is -0.483. The average Bonchev–Trinajstić information content (AvgIpc) is 2.81. The molecule has 1 saturated heterocycles. The van der Waals surface area contributed by atoms with Crippen LogP contribution in [0.5, 0.6) is 11.5 Å². The molecule has 0 spiro atoms. The molecule has 1 fully saturated rings. The van der Waals surface area contributed by atoms with E-state index in [2.05, 4.69) is 10.2 Å². The Morgan fingerprint density at radius 3 is 2.50 bits per heavy atom. The molecule has 0 aliphatic carbocycles. The van der Waals surface area contributed by atoms with Crippen LogP contribution < -0.4 is 19.7 Å². The van der Waals surface area contributed by atoms with Crippen molar-refractivity contribution in [3.8, 4) is 11.5 Å². The van der Waals surface area contributed by atoms with Gasteiger partial charge in [-0.1, -0.05) is 11.6 Å². The van der Waals surface area contributed by atoms with E-state index in [4.69, 9.17) is 30.5 Å². The standard InChI is InChI=1S/C23H27ClN2O6/c1-4-31-21-19(24)13-16(14-20(21)29-3)23(28)32-15(2)22(27)25-17-5-7-18(8-6-17)26-9-11-30-12-10-26/h5-8,13-15H,4,9-12H2,1-3H3,(H,25,27). The summed E-state index contributed by atoms with van der Waals surface area (Å²) in [5.41, 5.74) is 1.83. The van der Waals surface area contributed by atoms with Crippen LogP contribution in [0.15, 0.2) is 36.4 Å². The molecule has 1 unspecified atom stereocenters. The maximum absolute atomic E-state index is 12.5. The highest BCUT2D eigenvalue weighted by Crippen LogP contribution is 2.36. The number of benzene rings is 2. The van der Waals surface area contributed by atoms with Crippen LogP contribution in [0.25, 0.3) is 0 Å². The third-order valence-electron chi connectivity index (χ3n) is 4.92. The lowest BCUT2D eigenvalue weighted by molar-refractivity contribution is -0.123. The Kier molecular flexibility index (Phi) is 8.19. The highest BCUT2D eigenvalue weighted by molar-refractivity contribution is 6.32. The number of rotatable bonds is 8. The zero-order valence-electron chi connectivity index (χ0n) is 18.4. The lowest BCUT2D eigenvalue weighted by atomic mass is 10.2. The van der Waals surface area contributed by atoms with Gasteiger partial charge < -0.3 is 29.2 Å². The molecule has 9 heteroatoms. The van der Waals surface area contributed by atoms with Gasteiger partial charge in [0, 0.05) is 24.5 Å². The number of morpholine rings is 1. The summed E-state index contributed by atoms with van der Waals surface area (Å²) in [6.07, 6.45) is -1.02. The Bertz CT molecular complexity index is 944. The summed E-state index contributed by atoms with van der Waals surface area (Å²) < 4.78 is 21.4. The van der Waals surface area contributed by atoms with Gasteiger partial charge in [0.05, 0.1) is 37.5 Å². The predicted octanol–water partition coefficient (Wildman–Crippen LogP) is 3.77. The summed E-state index contributed by atoms with van der Waals surface area (Å²) in [7, 11) is 1.45. The molecule has 1 aliphatic rings. The zero-order valence-corrected chi connectivity index (χ0v) is 19.1. The second-order valence-electron chi connectivity index (χ2n) is 7.11. The minimum Gasteiger partial charge on any atom is -0.493 e. The molecule has 1 atom stereocenters.